The van der Waals surface area contributed by atoms with Crippen molar-refractivity contribution in [3.8, 4) is 5.75 Å². The van der Waals surface area contributed by atoms with E-state index < -0.39 is 0 Å². The van der Waals surface area contributed by atoms with Gasteiger partial charge in [-0.05, 0) is 24.6 Å². The number of hydrogen-bond donors (Lipinski definition) is 0. The molecule has 19 heavy (non-hydrogen) atoms. The van der Waals surface area contributed by atoms with Crippen molar-refractivity contribution in [2.24, 2.45) is 0 Å². The molecule has 1 aromatic rings. The summed E-state index contributed by atoms with van der Waals surface area (Å²) in [5.74, 6) is 0.497. The lowest BCUT2D eigenvalue weighted by Crippen LogP contribution is -2.02. The topological polar surface area (TPSA) is 48.1 Å². The lowest BCUT2D eigenvalue weighted by Gasteiger charge is -2.08. The summed E-state index contributed by atoms with van der Waals surface area (Å²) in [6, 6.07) is 7.88. The van der Waals surface area contributed by atoms with Gasteiger partial charge in [0.1, 0.15) is 12.4 Å². The van der Waals surface area contributed by atoms with Gasteiger partial charge < -0.3 is 14.2 Å². The average molecular weight is 262 g/mol. The number of benzene rings is 1. The van der Waals surface area contributed by atoms with Gasteiger partial charge in [0.2, 0.25) is 0 Å². The highest BCUT2D eigenvalue weighted by molar-refractivity contribution is 5.81. The van der Waals surface area contributed by atoms with Crippen LogP contribution >= 0.6 is 0 Å². The van der Waals surface area contributed by atoms with Crippen LogP contribution in [0.25, 0.3) is 0 Å². The standard InChI is InChI=1S/C15H18O4/c1-2-17-15(16)8-5-9-18-14-7-4-3-6-12(14)10-13-11-19-13/h3-8,13H,2,9-11H2,1H3. The third-order valence-electron chi connectivity index (χ3n) is 2.70. The third-order valence-corrected chi connectivity index (χ3v) is 2.70. The second-order valence-corrected chi connectivity index (χ2v) is 4.23. The minimum absolute atomic E-state index is 0.333. The number of esters is 1. The minimum atomic E-state index is -0.342. The summed E-state index contributed by atoms with van der Waals surface area (Å²) in [7, 11) is 0. The van der Waals surface area contributed by atoms with Crippen LogP contribution in [0.2, 0.25) is 0 Å². The van der Waals surface area contributed by atoms with Crippen molar-refractivity contribution in [3.63, 3.8) is 0 Å². The fraction of sp³-hybridized carbons (Fsp3) is 0.400. The van der Waals surface area contributed by atoms with E-state index in [2.05, 4.69) is 0 Å². The van der Waals surface area contributed by atoms with Crippen LogP contribution in [0, 0.1) is 0 Å². The van der Waals surface area contributed by atoms with E-state index in [1.165, 1.54) is 6.08 Å². The fourth-order valence-corrected chi connectivity index (χ4v) is 1.72. The highest BCUT2D eigenvalue weighted by Crippen LogP contribution is 2.24. The van der Waals surface area contributed by atoms with Gasteiger partial charge in [-0.2, -0.15) is 0 Å². The van der Waals surface area contributed by atoms with Crippen molar-refractivity contribution in [1.29, 1.82) is 0 Å². The van der Waals surface area contributed by atoms with E-state index in [0.29, 0.717) is 19.3 Å². The Kier molecular flexibility index (Phi) is 4.98. The minimum Gasteiger partial charge on any atom is -0.489 e. The maximum Gasteiger partial charge on any atom is 0.330 e. The van der Waals surface area contributed by atoms with Crippen molar-refractivity contribution >= 4 is 5.97 Å². The monoisotopic (exact) mass is 262 g/mol. The molecule has 1 aromatic carbocycles. The smallest absolute Gasteiger partial charge is 0.330 e. The molecule has 4 heteroatoms. The first-order valence-electron chi connectivity index (χ1n) is 6.45. The number of epoxide rings is 1. The Balaban J connectivity index is 1.83. The van der Waals surface area contributed by atoms with Gasteiger partial charge in [-0.15, -0.1) is 0 Å². The first-order chi connectivity index (χ1) is 9.29. The summed E-state index contributed by atoms with van der Waals surface area (Å²) in [5, 5.41) is 0. The highest BCUT2D eigenvalue weighted by Gasteiger charge is 2.23. The van der Waals surface area contributed by atoms with Gasteiger partial charge in [0.25, 0.3) is 0 Å². The molecule has 2 rings (SSSR count). The van der Waals surface area contributed by atoms with E-state index >= 15 is 0 Å². The van der Waals surface area contributed by atoms with Gasteiger partial charge in [-0.1, -0.05) is 18.2 Å². The normalized spacial score (nSPS) is 17.4. The average Bonchev–Trinajstić information content (AvgIpc) is 3.21. The molecular weight excluding hydrogens is 244 g/mol. The summed E-state index contributed by atoms with van der Waals surface area (Å²) in [6.45, 7) is 3.34. The lowest BCUT2D eigenvalue weighted by atomic mass is 10.1. The number of hydrogen-bond acceptors (Lipinski definition) is 4. The molecule has 1 aliphatic heterocycles. The molecule has 0 spiro atoms. The van der Waals surface area contributed by atoms with E-state index in [4.69, 9.17) is 14.2 Å². The van der Waals surface area contributed by atoms with Crippen molar-refractivity contribution in [1.82, 2.24) is 0 Å². The van der Waals surface area contributed by atoms with Gasteiger partial charge in [0, 0.05) is 12.5 Å². The van der Waals surface area contributed by atoms with Crippen LogP contribution in [0.5, 0.6) is 5.75 Å². The Morgan fingerprint density at radius 2 is 2.26 bits per heavy atom. The van der Waals surface area contributed by atoms with Crippen molar-refractivity contribution in [2.45, 2.75) is 19.4 Å². The molecule has 0 saturated carbocycles. The van der Waals surface area contributed by atoms with Crippen LogP contribution in [0.3, 0.4) is 0 Å². The summed E-state index contributed by atoms with van der Waals surface area (Å²) in [6.07, 6.45) is 4.25. The third kappa shape index (κ3) is 4.75. The SMILES string of the molecule is CCOC(=O)C=CCOc1ccccc1CC1CO1. The number of carbonyl (C=O) groups excluding carboxylic acids is 1. The van der Waals surface area contributed by atoms with Gasteiger partial charge in [0.05, 0.1) is 19.3 Å². The molecule has 1 atom stereocenters. The molecule has 0 N–H and O–H groups in total. The van der Waals surface area contributed by atoms with Crippen LogP contribution in [-0.2, 0) is 20.7 Å². The molecule has 0 aromatic heterocycles. The Morgan fingerprint density at radius 1 is 1.47 bits per heavy atom. The lowest BCUT2D eigenvalue weighted by molar-refractivity contribution is -0.137. The van der Waals surface area contributed by atoms with E-state index in [0.717, 1.165) is 24.3 Å². The largest absolute Gasteiger partial charge is 0.489 e. The second-order valence-electron chi connectivity index (χ2n) is 4.23. The number of rotatable bonds is 7. The molecule has 0 bridgehead atoms. The summed E-state index contributed by atoms with van der Waals surface area (Å²) >= 11 is 0. The van der Waals surface area contributed by atoms with Crippen LogP contribution in [-0.4, -0.2) is 31.9 Å². The number of ether oxygens (including phenoxy) is 3. The van der Waals surface area contributed by atoms with Crippen molar-refractivity contribution < 1.29 is 19.0 Å². The molecule has 0 amide bonds. The molecular formula is C15H18O4. The summed E-state index contributed by atoms with van der Waals surface area (Å²) in [4.78, 5) is 11.1. The zero-order chi connectivity index (χ0) is 13.5. The molecule has 0 aliphatic carbocycles. The Morgan fingerprint density at radius 3 is 3.00 bits per heavy atom. The molecule has 4 nitrogen and oxygen atoms in total. The summed E-state index contributed by atoms with van der Waals surface area (Å²) in [5.41, 5.74) is 1.13. The molecule has 102 valence electrons. The van der Waals surface area contributed by atoms with Crippen LogP contribution in [0.4, 0.5) is 0 Å². The Hall–Kier alpha value is -1.81. The Bertz CT molecular complexity index is 449. The predicted octanol–water partition coefficient (Wildman–Crippen LogP) is 2.13. The van der Waals surface area contributed by atoms with E-state index in [9.17, 15) is 4.79 Å². The van der Waals surface area contributed by atoms with Gasteiger partial charge in [-0.3, -0.25) is 0 Å². The van der Waals surface area contributed by atoms with Crippen molar-refractivity contribution in [3.05, 3.63) is 42.0 Å². The van der Waals surface area contributed by atoms with E-state index in [1.54, 1.807) is 13.0 Å². The molecule has 1 unspecified atom stereocenters. The maximum atomic E-state index is 11.1. The maximum absolute atomic E-state index is 11.1. The highest BCUT2D eigenvalue weighted by atomic mass is 16.6. The van der Waals surface area contributed by atoms with Crippen molar-refractivity contribution in [2.75, 3.05) is 19.8 Å². The number of carbonyl (C=O) groups is 1. The molecule has 0 radical (unpaired) electrons. The van der Waals surface area contributed by atoms with Gasteiger partial charge >= 0.3 is 5.97 Å². The quantitative estimate of drug-likeness (QED) is 0.429. The first kappa shape index (κ1) is 13.6. The van der Waals surface area contributed by atoms with Crippen LogP contribution in [0.15, 0.2) is 36.4 Å². The zero-order valence-electron chi connectivity index (χ0n) is 11.0. The second kappa shape index (κ2) is 6.95. The van der Waals surface area contributed by atoms with Gasteiger partial charge in [-0.25, -0.2) is 4.79 Å². The molecule has 1 fully saturated rings. The fourth-order valence-electron chi connectivity index (χ4n) is 1.72. The van der Waals surface area contributed by atoms with Gasteiger partial charge in [0.15, 0.2) is 0 Å². The van der Waals surface area contributed by atoms with E-state index in [-0.39, 0.29) is 5.97 Å². The molecule has 1 saturated heterocycles. The molecule has 1 aliphatic rings. The Labute approximate surface area is 113 Å². The molecule has 1 heterocycles. The predicted molar refractivity (Wildman–Crippen MR) is 71.2 cm³/mol. The summed E-state index contributed by atoms with van der Waals surface area (Å²) < 4.78 is 15.6. The van der Waals surface area contributed by atoms with Crippen LogP contribution < -0.4 is 4.74 Å². The van der Waals surface area contributed by atoms with Crippen LogP contribution in [0.1, 0.15) is 12.5 Å². The van der Waals surface area contributed by atoms with E-state index in [1.807, 2.05) is 24.3 Å². The number of para-hydroxylation sites is 1. The zero-order valence-corrected chi connectivity index (χ0v) is 11.0. The first-order valence-corrected chi connectivity index (χ1v) is 6.45.